The first-order valence-corrected chi connectivity index (χ1v) is 5.37. The first kappa shape index (κ1) is 10.0. The molecule has 72 valence electrons. The molecule has 0 aliphatic heterocycles. The van der Waals surface area contributed by atoms with E-state index in [0.717, 1.165) is 17.8 Å². The molecule has 1 rings (SSSR count). The van der Waals surface area contributed by atoms with Crippen molar-refractivity contribution in [1.29, 1.82) is 0 Å². The summed E-state index contributed by atoms with van der Waals surface area (Å²) in [6, 6.07) is 0. The third-order valence-electron chi connectivity index (χ3n) is 2.95. The largest absolute Gasteiger partial charge is 0.319 e. The van der Waals surface area contributed by atoms with Crippen LogP contribution in [0.25, 0.3) is 0 Å². The van der Waals surface area contributed by atoms with Crippen molar-refractivity contribution in [2.24, 2.45) is 17.8 Å². The summed E-state index contributed by atoms with van der Waals surface area (Å²) >= 11 is 0. The molecule has 0 amide bonds. The molecule has 0 aromatic heterocycles. The Balaban J connectivity index is 2.16. The molecule has 2 atom stereocenters. The molecule has 1 aliphatic carbocycles. The summed E-state index contributed by atoms with van der Waals surface area (Å²) in [5.41, 5.74) is 0. The summed E-state index contributed by atoms with van der Waals surface area (Å²) in [5.74, 6) is 2.89. The third kappa shape index (κ3) is 3.14. The Kier molecular flexibility index (Phi) is 4.07. The quantitative estimate of drug-likeness (QED) is 0.682. The van der Waals surface area contributed by atoms with E-state index in [-0.39, 0.29) is 0 Å². The number of hydrogen-bond donors (Lipinski definition) is 1. The summed E-state index contributed by atoms with van der Waals surface area (Å²) in [7, 11) is 2.07. The van der Waals surface area contributed by atoms with Gasteiger partial charge >= 0.3 is 0 Å². The molecule has 0 unspecified atom stereocenters. The average molecular weight is 169 g/mol. The molecule has 1 nitrogen and oxygen atoms in total. The lowest BCUT2D eigenvalue weighted by Crippen LogP contribution is -2.16. The molecule has 0 saturated heterocycles. The summed E-state index contributed by atoms with van der Waals surface area (Å²) in [6.07, 6.45) is 5.85. The van der Waals surface area contributed by atoms with Gasteiger partial charge in [0.25, 0.3) is 0 Å². The van der Waals surface area contributed by atoms with E-state index in [1.807, 2.05) is 0 Å². The Morgan fingerprint density at radius 1 is 1.25 bits per heavy atom. The van der Waals surface area contributed by atoms with Gasteiger partial charge in [-0.05, 0) is 50.6 Å². The van der Waals surface area contributed by atoms with Crippen molar-refractivity contribution in [2.75, 3.05) is 13.6 Å². The molecular formula is C11H23N. The standard InChI is InChI=1S/C11H23N/c1-9(2)6-10-4-5-11(7-10)8-12-3/h9-12H,4-8H2,1-3H3/t10-,11-/m1/s1. The summed E-state index contributed by atoms with van der Waals surface area (Å²) in [4.78, 5) is 0. The second kappa shape index (κ2) is 4.86. The van der Waals surface area contributed by atoms with Crippen molar-refractivity contribution >= 4 is 0 Å². The van der Waals surface area contributed by atoms with Crippen molar-refractivity contribution in [2.45, 2.75) is 39.5 Å². The topological polar surface area (TPSA) is 12.0 Å². The van der Waals surface area contributed by atoms with Gasteiger partial charge in [-0.15, -0.1) is 0 Å². The fourth-order valence-corrected chi connectivity index (χ4v) is 2.53. The normalized spacial score (nSPS) is 30.0. The smallest absolute Gasteiger partial charge is 0.00234 e. The first-order chi connectivity index (χ1) is 5.72. The van der Waals surface area contributed by atoms with Crippen molar-refractivity contribution in [3.63, 3.8) is 0 Å². The molecule has 1 heteroatoms. The van der Waals surface area contributed by atoms with Gasteiger partial charge in [0.2, 0.25) is 0 Å². The molecule has 12 heavy (non-hydrogen) atoms. The van der Waals surface area contributed by atoms with Crippen LogP contribution in [0.3, 0.4) is 0 Å². The maximum Gasteiger partial charge on any atom is -0.00234 e. The third-order valence-corrected chi connectivity index (χ3v) is 2.95. The van der Waals surface area contributed by atoms with Gasteiger partial charge in [-0.25, -0.2) is 0 Å². The molecule has 0 spiro atoms. The molecule has 1 saturated carbocycles. The van der Waals surface area contributed by atoms with Crippen molar-refractivity contribution in [3.05, 3.63) is 0 Å². The second-order valence-corrected chi connectivity index (χ2v) is 4.73. The molecule has 0 bridgehead atoms. The van der Waals surface area contributed by atoms with Crippen molar-refractivity contribution in [3.8, 4) is 0 Å². The van der Waals surface area contributed by atoms with Gasteiger partial charge in [-0.1, -0.05) is 20.3 Å². The lowest BCUT2D eigenvalue weighted by molar-refractivity contribution is 0.399. The van der Waals surface area contributed by atoms with Crippen LogP contribution in [-0.2, 0) is 0 Å². The van der Waals surface area contributed by atoms with Gasteiger partial charge < -0.3 is 5.32 Å². The number of rotatable bonds is 4. The van der Waals surface area contributed by atoms with Gasteiger partial charge in [0.05, 0.1) is 0 Å². The highest BCUT2D eigenvalue weighted by atomic mass is 14.8. The highest BCUT2D eigenvalue weighted by molar-refractivity contribution is 4.77. The maximum absolute atomic E-state index is 3.28. The van der Waals surface area contributed by atoms with Gasteiger partial charge in [0.15, 0.2) is 0 Å². The van der Waals surface area contributed by atoms with Crippen LogP contribution in [0.1, 0.15) is 39.5 Å². The SMILES string of the molecule is CNC[C@@H]1CC[C@H](CC(C)C)C1. The molecule has 0 aromatic rings. The minimum atomic E-state index is 0.892. The van der Waals surface area contributed by atoms with E-state index >= 15 is 0 Å². The zero-order valence-corrected chi connectivity index (χ0v) is 8.77. The summed E-state index contributed by atoms with van der Waals surface area (Å²) in [5, 5.41) is 3.28. The Morgan fingerprint density at radius 3 is 2.50 bits per heavy atom. The predicted octanol–water partition coefficient (Wildman–Crippen LogP) is 2.67. The van der Waals surface area contributed by atoms with Crippen LogP contribution in [0.5, 0.6) is 0 Å². The van der Waals surface area contributed by atoms with E-state index in [1.165, 1.54) is 32.2 Å². The molecule has 0 radical (unpaired) electrons. The first-order valence-electron chi connectivity index (χ1n) is 5.37. The minimum absolute atomic E-state index is 0.892. The monoisotopic (exact) mass is 169 g/mol. The van der Waals surface area contributed by atoms with E-state index in [1.54, 1.807) is 0 Å². The lowest BCUT2D eigenvalue weighted by Gasteiger charge is -2.12. The highest BCUT2D eigenvalue weighted by Crippen LogP contribution is 2.34. The van der Waals surface area contributed by atoms with E-state index in [4.69, 9.17) is 0 Å². The molecule has 0 aromatic carbocycles. The molecule has 1 aliphatic rings. The fourth-order valence-electron chi connectivity index (χ4n) is 2.53. The van der Waals surface area contributed by atoms with E-state index in [9.17, 15) is 0 Å². The summed E-state index contributed by atoms with van der Waals surface area (Å²) in [6.45, 7) is 5.91. The maximum atomic E-state index is 3.28. The molecule has 1 N–H and O–H groups in total. The second-order valence-electron chi connectivity index (χ2n) is 4.73. The Hall–Kier alpha value is -0.0400. The van der Waals surface area contributed by atoms with E-state index in [2.05, 4.69) is 26.2 Å². The Morgan fingerprint density at radius 2 is 1.92 bits per heavy atom. The van der Waals surface area contributed by atoms with Crippen LogP contribution < -0.4 is 5.32 Å². The van der Waals surface area contributed by atoms with Crippen molar-refractivity contribution in [1.82, 2.24) is 5.32 Å². The van der Waals surface area contributed by atoms with Crippen molar-refractivity contribution < 1.29 is 0 Å². The molecule has 1 fully saturated rings. The molecule has 0 heterocycles. The van der Waals surface area contributed by atoms with Crippen LogP contribution in [0.4, 0.5) is 0 Å². The van der Waals surface area contributed by atoms with Crippen LogP contribution >= 0.6 is 0 Å². The van der Waals surface area contributed by atoms with Gasteiger partial charge in [0, 0.05) is 0 Å². The zero-order chi connectivity index (χ0) is 8.97. The summed E-state index contributed by atoms with van der Waals surface area (Å²) < 4.78 is 0. The van der Waals surface area contributed by atoms with Crippen LogP contribution in [0.2, 0.25) is 0 Å². The van der Waals surface area contributed by atoms with Gasteiger partial charge in [-0.2, -0.15) is 0 Å². The minimum Gasteiger partial charge on any atom is -0.319 e. The fraction of sp³-hybridized carbons (Fsp3) is 1.00. The highest BCUT2D eigenvalue weighted by Gasteiger charge is 2.24. The van der Waals surface area contributed by atoms with Crippen LogP contribution in [0, 0.1) is 17.8 Å². The van der Waals surface area contributed by atoms with Gasteiger partial charge in [-0.3, -0.25) is 0 Å². The van der Waals surface area contributed by atoms with E-state index < -0.39 is 0 Å². The van der Waals surface area contributed by atoms with E-state index in [0.29, 0.717) is 0 Å². The average Bonchev–Trinajstić information content (AvgIpc) is 2.36. The molecular weight excluding hydrogens is 146 g/mol. The zero-order valence-electron chi connectivity index (χ0n) is 8.77. The van der Waals surface area contributed by atoms with Gasteiger partial charge in [0.1, 0.15) is 0 Å². The Bertz CT molecular complexity index is 120. The van der Waals surface area contributed by atoms with Crippen LogP contribution in [-0.4, -0.2) is 13.6 Å². The Labute approximate surface area is 76.9 Å². The number of hydrogen-bond acceptors (Lipinski definition) is 1. The predicted molar refractivity (Wildman–Crippen MR) is 54.2 cm³/mol. The lowest BCUT2D eigenvalue weighted by atomic mass is 9.95. The number of nitrogens with one attached hydrogen (secondary N) is 1. The van der Waals surface area contributed by atoms with Crippen LogP contribution in [0.15, 0.2) is 0 Å².